The van der Waals surface area contributed by atoms with E-state index in [-0.39, 0.29) is 0 Å². The highest BCUT2D eigenvalue weighted by Gasteiger charge is 2.35. The molecular weight excluding hydrogens is 258 g/mol. The molecule has 1 saturated heterocycles. The van der Waals surface area contributed by atoms with Crippen molar-refractivity contribution in [2.75, 3.05) is 24.5 Å². The maximum Gasteiger partial charge on any atom is 0.0562 e. The smallest absolute Gasteiger partial charge is 0.0562 e. The van der Waals surface area contributed by atoms with E-state index >= 15 is 0 Å². The van der Waals surface area contributed by atoms with Crippen LogP contribution in [0.15, 0.2) is 18.3 Å². The van der Waals surface area contributed by atoms with Crippen molar-refractivity contribution in [2.45, 2.75) is 58.4 Å². The number of nitrogens with zero attached hydrogens (tertiary/aromatic N) is 2. The van der Waals surface area contributed by atoms with Crippen LogP contribution >= 0.6 is 0 Å². The lowest BCUT2D eigenvalue weighted by molar-refractivity contribution is 0.144. The summed E-state index contributed by atoms with van der Waals surface area (Å²) in [5.74, 6) is 0. The Balaban J connectivity index is 1.61. The average Bonchev–Trinajstić information content (AvgIpc) is 2.55. The number of nitrogens with one attached hydrogen (secondary N) is 1. The van der Waals surface area contributed by atoms with E-state index in [9.17, 15) is 0 Å². The van der Waals surface area contributed by atoms with Gasteiger partial charge in [0.25, 0.3) is 0 Å². The Kier molecular flexibility index (Phi) is 4.79. The van der Waals surface area contributed by atoms with Crippen LogP contribution in [0.4, 0.5) is 5.69 Å². The van der Waals surface area contributed by atoms with Crippen molar-refractivity contribution < 1.29 is 0 Å². The Morgan fingerprint density at radius 1 is 1.14 bits per heavy atom. The van der Waals surface area contributed by atoms with Gasteiger partial charge in [-0.15, -0.1) is 0 Å². The summed E-state index contributed by atoms with van der Waals surface area (Å²) in [5.41, 5.74) is 3.21. The van der Waals surface area contributed by atoms with Gasteiger partial charge in [0, 0.05) is 31.5 Å². The molecule has 2 heterocycles. The van der Waals surface area contributed by atoms with E-state index in [2.05, 4.69) is 34.3 Å². The number of anilines is 1. The molecule has 1 spiro atoms. The van der Waals surface area contributed by atoms with Crippen LogP contribution in [0.5, 0.6) is 0 Å². The monoisotopic (exact) mass is 287 g/mol. The first kappa shape index (κ1) is 14.8. The summed E-state index contributed by atoms with van der Waals surface area (Å²) < 4.78 is 0. The zero-order chi connectivity index (χ0) is 14.5. The number of rotatable bonds is 4. The molecule has 0 unspecified atom stereocenters. The molecule has 3 rings (SSSR count). The lowest BCUT2D eigenvalue weighted by atomic mass is 9.68. The van der Waals surface area contributed by atoms with Gasteiger partial charge in [0.05, 0.1) is 5.69 Å². The zero-order valence-corrected chi connectivity index (χ0v) is 13.4. The van der Waals surface area contributed by atoms with E-state index in [1.807, 2.05) is 6.20 Å². The highest BCUT2D eigenvalue weighted by molar-refractivity contribution is 5.47. The number of pyridine rings is 1. The minimum Gasteiger partial charge on any atom is -0.371 e. The first-order chi connectivity index (χ1) is 10.3. The SMILES string of the molecule is CCNCc1cc(N2CCC3(CCCCC3)CC2)ccn1. The molecule has 21 heavy (non-hydrogen) atoms. The van der Waals surface area contributed by atoms with Gasteiger partial charge in [0.15, 0.2) is 0 Å². The van der Waals surface area contributed by atoms with E-state index in [0.29, 0.717) is 5.41 Å². The van der Waals surface area contributed by atoms with Gasteiger partial charge in [-0.05, 0) is 49.8 Å². The number of hydrogen-bond acceptors (Lipinski definition) is 3. The molecule has 1 saturated carbocycles. The predicted molar refractivity (Wildman–Crippen MR) is 88.6 cm³/mol. The summed E-state index contributed by atoms with van der Waals surface area (Å²) in [5, 5.41) is 3.36. The molecule has 0 bridgehead atoms. The van der Waals surface area contributed by atoms with Crippen LogP contribution in [-0.2, 0) is 6.54 Å². The molecular formula is C18H29N3. The second-order valence-corrected chi connectivity index (χ2v) is 6.83. The highest BCUT2D eigenvalue weighted by atomic mass is 15.1. The summed E-state index contributed by atoms with van der Waals surface area (Å²) in [6.45, 7) is 6.47. The largest absolute Gasteiger partial charge is 0.371 e. The van der Waals surface area contributed by atoms with Gasteiger partial charge in [-0.3, -0.25) is 4.98 Å². The fraction of sp³-hybridized carbons (Fsp3) is 0.722. The van der Waals surface area contributed by atoms with Gasteiger partial charge in [-0.25, -0.2) is 0 Å². The molecule has 0 atom stereocenters. The van der Waals surface area contributed by atoms with Gasteiger partial charge in [-0.2, -0.15) is 0 Å². The molecule has 1 N–H and O–H groups in total. The predicted octanol–water partition coefficient (Wildman–Crippen LogP) is 3.74. The minimum absolute atomic E-state index is 0.689. The fourth-order valence-electron chi connectivity index (χ4n) is 4.05. The molecule has 1 aliphatic carbocycles. The van der Waals surface area contributed by atoms with Crippen LogP contribution < -0.4 is 10.2 Å². The normalized spacial score (nSPS) is 21.7. The molecule has 0 radical (unpaired) electrons. The molecule has 3 nitrogen and oxygen atoms in total. The van der Waals surface area contributed by atoms with Gasteiger partial charge >= 0.3 is 0 Å². The summed E-state index contributed by atoms with van der Waals surface area (Å²) in [6.07, 6.45) is 12.1. The maximum absolute atomic E-state index is 4.47. The van der Waals surface area contributed by atoms with Crippen LogP contribution in [0.1, 0.15) is 57.6 Å². The van der Waals surface area contributed by atoms with E-state index in [4.69, 9.17) is 0 Å². The molecule has 1 aliphatic heterocycles. The van der Waals surface area contributed by atoms with Crippen molar-refractivity contribution >= 4 is 5.69 Å². The molecule has 0 amide bonds. The summed E-state index contributed by atoms with van der Waals surface area (Å²) >= 11 is 0. The lowest BCUT2D eigenvalue weighted by Gasteiger charge is -2.45. The van der Waals surface area contributed by atoms with E-state index in [1.165, 1.54) is 63.7 Å². The molecule has 116 valence electrons. The minimum atomic E-state index is 0.689. The first-order valence-corrected chi connectivity index (χ1v) is 8.72. The van der Waals surface area contributed by atoms with Crippen LogP contribution in [-0.4, -0.2) is 24.6 Å². The van der Waals surface area contributed by atoms with Crippen molar-refractivity contribution in [3.05, 3.63) is 24.0 Å². The van der Waals surface area contributed by atoms with Gasteiger partial charge in [-0.1, -0.05) is 26.2 Å². The Morgan fingerprint density at radius 3 is 2.62 bits per heavy atom. The van der Waals surface area contributed by atoms with Crippen molar-refractivity contribution in [3.63, 3.8) is 0 Å². The third-order valence-electron chi connectivity index (χ3n) is 5.46. The van der Waals surface area contributed by atoms with E-state index < -0.39 is 0 Å². The number of piperidine rings is 1. The van der Waals surface area contributed by atoms with Crippen molar-refractivity contribution in [3.8, 4) is 0 Å². The lowest BCUT2D eigenvalue weighted by Crippen LogP contribution is -2.41. The molecule has 2 aliphatic rings. The Labute approximate surface area is 129 Å². The third kappa shape index (κ3) is 3.57. The van der Waals surface area contributed by atoms with Crippen molar-refractivity contribution in [1.82, 2.24) is 10.3 Å². The Bertz CT molecular complexity index is 442. The van der Waals surface area contributed by atoms with Gasteiger partial charge in [0.1, 0.15) is 0 Å². The molecule has 0 aromatic carbocycles. The van der Waals surface area contributed by atoms with Crippen LogP contribution in [0, 0.1) is 5.41 Å². The molecule has 1 aromatic heterocycles. The quantitative estimate of drug-likeness (QED) is 0.914. The van der Waals surface area contributed by atoms with Crippen LogP contribution in [0.3, 0.4) is 0 Å². The topological polar surface area (TPSA) is 28.2 Å². The van der Waals surface area contributed by atoms with Crippen LogP contribution in [0.2, 0.25) is 0 Å². The van der Waals surface area contributed by atoms with Gasteiger partial charge < -0.3 is 10.2 Å². The van der Waals surface area contributed by atoms with Crippen LogP contribution in [0.25, 0.3) is 0 Å². The van der Waals surface area contributed by atoms with Crippen molar-refractivity contribution in [1.29, 1.82) is 0 Å². The third-order valence-corrected chi connectivity index (χ3v) is 5.46. The summed E-state index contributed by atoms with van der Waals surface area (Å²) in [4.78, 5) is 7.03. The van der Waals surface area contributed by atoms with E-state index in [1.54, 1.807) is 0 Å². The molecule has 2 fully saturated rings. The number of aromatic nitrogens is 1. The van der Waals surface area contributed by atoms with Gasteiger partial charge in [0.2, 0.25) is 0 Å². The Morgan fingerprint density at radius 2 is 1.90 bits per heavy atom. The Hall–Kier alpha value is -1.09. The fourth-order valence-corrected chi connectivity index (χ4v) is 4.05. The number of hydrogen-bond donors (Lipinski definition) is 1. The van der Waals surface area contributed by atoms with Crippen molar-refractivity contribution in [2.24, 2.45) is 5.41 Å². The molecule has 1 aromatic rings. The van der Waals surface area contributed by atoms with E-state index in [0.717, 1.165) is 18.8 Å². The first-order valence-electron chi connectivity index (χ1n) is 8.72. The standard InChI is InChI=1S/C18H29N3/c1-2-19-15-16-14-17(6-11-20-16)21-12-9-18(10-13-21)7-4-3-5-8-18/h6,11,14,19H,2-5,7-10,12-13,15H2,1H3. The maximum atomic E-state index is 4.47. The second kappa shape index (κ2) is 6.78. The summed E-state index contributed by atoms with van der Waals surface area (Å²) in [6, 6.07) is 4.44. The second-order valence-electron chi connectivity index (χ2n) is 6.83. The average molecular weight is 287 g/mol. The summed E-state index contributed by atoms with van der Waals surface area (Å²) in [7, 11) is 0. The highest BCUT2D eigenvalue weighted by Crippen LogP contribution is 2.45. The molecule has 3 heteroatoms. The zero-order valence-electron chi connectivity index (χ0n) is 13.4.